The summed E-state index contributed by atoms with van der Waals surface area (Å²) in [6, 6.07) is 4.40. The molecule has 4 nitrogen and oxygen atoms in total. The molecule has 0 bridgehead atoms. The third kappa shape index (κ3) is 4.18. The normalized spacial score (nSPS) is 17.3. The predicted octanol–water partition coefficient (Wildman–Crippen LogP) is 5.50. The van der Waals surface area contributed by atoms with Crippen LogP contribution in [0.5, 0.6) is 5.75 Å². The Kier molecular flexibility index (Phi) is 5.91. The van der Waals surface area contributed by atoms with Gasteiger partial charge in [0.2, 0.25) is 0 Å². The van der Waals surface area contributed by atoms with E-state index >= 15 is 0 Å². The highest BCUT2D eigenvalue weighted by Gasteiger charge is 2.23. The van der Waals surface area contributed by atoms with Crippen molar-refractivity contribution in [1.82, 2.24) is 9.47 Å². The molecule has 2 aliphatic rings. The number of carbonyl (C=O) groups is 1. The Morgan fingerprint density at radius 1 is 1.21 bits per heavy atom. The summed E-state index contributed by atoms with van der Waals surface area (Å²) >= 11 is 0. The van der Waals surface area contributed by atoms with Crippen molar-refractivity contribution in [2.24, 2.45) is 0 Å². The van der Waals surface area contributed by atoms with Gasteiger partial charge in [-0.15, -0.1) is 0 Å². The van der Waals surface area contributed by atoms with E-state index in [9.17, 15) is 4.79 Å². The van der Waals surface area contributed by atoms with Gasteiger partial charge in [0.1, 0.15) is 5.75 Å². The Morgan fingerprint density at radius 3 is 2.66 bits per heavy atom. The van der Waals surface area contributed by atoms with E-state index in [4.69, 9.17) is 4.74 Å². The lowest BCUT2D eigenvalue weighted by Gasteiger charge is -2.24. The van der Waals surface area contributed by atoms with Crippen LogP contribution >= 0.6 is 0 Å². The fraction of sp³-hybridized carbons (Fsp3) is 0.480. The van der Waals surface area contributed by atoms with Crippen molar-refractivity contribution >= 4 is 16.8 Å². The summed E-state index contributed by atoms with van der Waals surface area (Å²) in [6.45, 7) is 2.97. The highest BCUT2D eigenvalue weighted by Crippen LogP contribution is 2.36. The van der Waals surface area contributed by atoms with E-state index in [-0.39, 0.29) is 12.0 Å². The van der Waals surface area contributed by atoms with Crippen LogP contribution in [0, 0.1) is 0 Å². The zero-order chi connectivity index (χ0) is 20.4. The van der Waals surface area contributed by atoms with Crippen LogP contribution in [0.4, 0.5) is 0 Å². The van der Waals surface area contributed by atoms with Crippen LogP contribution in [0.25, 0.3) is 10.9 Å². The Bertz CT molecular complexity index is 959. The Morgan fingerprint density at radius 2 is 2.00 bits per heavy atom. The average molecular weight is 393 g/mol. The predicted molar refractivity (Wildman–Crippen MR) is 119 cm³/mol. The summed E-state index contributed by atoms with van der Waals surface area (Å²) in [7, 11) is 4.13. The van der Waals surface area contributed by atoms with Gasteiger partial charge in [-0.1, -0.05) is 31.6 Å². The van der Waals surface area contributed by atoms with E-state index in [1.165, 1.54) is 30.4 Å². The third-order valence-corrected chi connectivity index (χ3v) is 6.01. The van der Waals surface area contributed by atoms with Crippen LogP contribution < -0.4 is 4.74 Å². The monoisotopic (exact) mass is 392 g/mol. The highest BCUT2D eigenvalue weighted by molar-refractivity contribution is 6.05. The van der Waals surface area contributed by atoms with Crippen LogP contribution in [0.15, 0.2) is 42.1 Å². The number of allylic oxidation sites excluding steroid dienone is 4. The summed E-state index contributed by atoms with van der Waals surface area (Å²) in [6.07, 6.45) is 15.8. The van der Waals surface area contributed by atoms with E-state index in [0.29, 0.717) is 6.42 Å². The fourth-order valence-corrected chi connectivity index (χ4v) is 4.49. The van der Waals surface area contributed by atoms with Crippen LogP contribution in [0.3, 0.4) is 0 Å². The van der Waals surface area contributed by atoms with Crippen LogP contribution in [-0.2, 0) is 13.0 Å². The van der Waals surface area contributed by atoms with Gasteiger partial charge in [0.25, 0.3) is 5.91 Å². The average Bonchev–Trinajstić information content (AvgIpc) is 3.37. The smallest absolute Gasteiger partial charge is 0.258 e. The molecule has 0 aliphatic heterocycles. The molecule has 1 fully saturated rings. The molecule has 1 heterocycles. The summed E-state index contributed by atoms with van der Waals surface area (Å²) in [5.74, 6) is 0.930. The number of benzene rings is 1. The first-order valence-electron chi connectivity index (χ1n) is 11.0. The second-order valence-corrected chi connectivity index (χ2v) is 8.61. The number of rotatable bonds is 6. The van der Waals surface area contributed by atoms with Gasteiger partial charge in [-0.3, -0.25) is 9.36 Å². The molecule has 0 unspecified atom stereocenters. The number of fused-ring (bicyclic) bond motifs is 1. The van der Waals surface area contributed by atoms with Gasteiger partial charge >= 0.3 is 0 Å². The SMILES string of the molecule is CCc1cc(OC2CCCCC2)c2c(c1)c(CN(C)C)cn2C(=O)C1=CC=CC1. The third-order valence-electron chi connectivity index (χ3n) is 6.01. The standard InChI is InChI=1S/C25H32N2O2/c1-4-18-14-22-20(16-26(2)3)17-27(25(28)19-10-8-9-11-19)24(22)23(15-18)29-21-12-6-5-7-13-21/h8-10,14-15,17,21H,4-7,11-13,16H2,1-3H3. The van der Waals surface area contributed by atoms with E-state index < -0.39 is 0 Å². The second-order valence-electron chi connectivity index (χ2n) is 8.61. The Labute approximate surface area is 173 Å². The maximum absolute atomic E-state index is 13.3. The molecule has 4 heteroatoms. The Hall–Kier alpha value is -2.33. The van der Waals surface area contributed by atoms with E-state index in [2.05, 4.69) is 38.1 Å². The molecule has 0 atom stereocenters. The van der Waals surface area contributed by atoms with Crippen LogP contribution in [-0.4, -0.2) is 35.6 Å². The van der Waals surface area contributed by atoms with Gasteiger partial charge < -0.3 is 9.64 Å². The van der Waals surface area contributed by atoms with Crippen LogP contribution in [0.2, 0.25) is 0 Å². The molecule has 0 N–H and O–H groups in total. The van der Waals surface area contributed by atoms with Gasteiger partial charge in [0.05, 0.1) is 11.6 Å². The van der Waals surface area contributed by atoms with Crippen molar-refractivity contribution in [3.05, 3.63) is 53.3 Å². The minimum Gasteiger partial charge on any atom is -0.488 e. The molecule has 29 heavy (non-hydrogen) atoms. The van der Waals surface area contributed by atoms with Crippen molar-refractivity contribution in [3.8, 4) is 5.75 Å². The number of hydrogen-bond donors (Lipinski definition) is 0. The minimum atomic E-state index is 0.0581. The van der Waals surface area contributed by atoms with E-state index in [0.717, 1.165) is 48.0 Å². The maximum Gasteiger partial charge on any atom is 0.258 e. The summed E-state index contributed by atoms with van der Waals surface area (Å²) < 4.78 is 8.40. The first-order chi connectivity index (χ1) is 14.1. The Balaban J connectivity index is 1.84. The zero-order valence-electron chi connectivity index (χ0n) is 17.9. The number of aromatic nitrogens is 1. The summed E-state index contributed by atoms with van der Waals surface area (Å²) in [4.78, 5) is 15.5. The number of aryl methyl sites for hydroxylation is 1. The number of ether oxygens (including phenoxy) is 1. The quantitative estimate of drug-likeness (QED) is 0.651. The molecule has 1 aromatic carbocycles. The largest absolute Gasteiger partial charge is 0.488 e. The van der Waals surface area contributed by atoms with Crippen molar-refractivity contribution < 1.29 is 9.53 Å². The molecule has 154 valence electrons. The molecule has 2 aliphatic carbocycles. The molecule has 0 spiro atoms. The lowest BCUT2D eigenvalue weighted by atomic mass is 9.97. The van der Waals surface area contributed by atoms with Gasteiger partial charge in [0, 0.05) is 23.7 Å². The molecule has 0 saturated heterocycles. The van der Waals surface area contributed by atoms with Gasteiger partial charge in [-0.25, -0.2) is 0 Å². The molecule has 4 rings (SSSR count). The molecular formula is C25H32N2O2. The maximum atomic E-state index is 13.3. The number of carbonyl (C=O) groups excluding carboxylic acids is 1. The molecule has 2 aromatic rings. The van der Waals surface area contributed by atoms with Crippen LogP contribution in [0.1, 0.15) is 61.4 Å². The minimum absolute atomic E-state index is 0.0581. The fourth-order valence-electron chi connectivity index (χ4n) is 4.49. The molecule has 1 saturated carbocycles. The zero-order valence-corrected chi connectivity index (χ0v) is 17.9. The molecule has 0 amide bonds. The lowest BCUT2D eigenvalue weighted by molar-refractivity contribution is 0.0956. The first-order valence-corrected chi connectivity index (χ1v) is 11.0. The molecule has 0 radical (unpaired) electrons. The topological polar surface area (TPSA) is 34.5 Å². The van der Waals surface area contributed by atoms with Crippen molar-refractivity contribution in [1.29, 1.82) is 0 Å². The lowest BCUT2D eigenvalue weighted by Crippen LogP contribution is -2.20. The van der Waals surface area contributed by atoms with E-state index in [1.807, 2.05) is 29.0 Å². The van der Waals surface area contributed by atoms with Gasteiger partial charge in [0.15, 0.2) is 0 Å². The molecule has 1 aromatic heterocycles. The number of nitrogens with zero attached hydrogens (tertiary/aromatic N) is 2. The first kappa shape index (κ1) is 20.0. The van der Waals surface area contributed by atoms with E-state index in [1.54, 1.807) is 0 Å². The van der Waals surface area contributed by atoms with Crippen molar-refractivity contribution in [2.45, 2.75) is 64.5 Å². The van der Waals surface area contributed by atoms with Gasteiger partial charge in [-0.2, -0.15) is 0 Å². The number of hydrogen-bond acceptors (Lipinski definition) is 3. The molecular weight excluding hydrogens is 360 g/mol. The highest BCUT2D eigenvalue weighted by atomic mass is 16.5. The summed E-state index contributed by atoms with van der Waals surface area (Å²) in [5.41, 5.74) is 4.20. The van der Waals surface area contributed by atoms with Gasteiger partial charge in [-0.05, 0) is 75.9 Å². The van der Waals surface area contributed by atoms with Crippen molar-refractivity contribution in [2.75, 3.05) is 14.1 Å². The second kappa shape index (κ2) is 8.58. The van der Waals surface area contributed by atoms with Crippen molar-refractivity contribution in [3.63, 3.8) is 0 Å². The summed E-state index contributed by atoms with van der Waals surface area (Å²) in [5, 5.41) is 1.14.